The van der Waals surface area contributed by atoms with Crippen LogP contribution in [0.4, 0.5) is 16.0 Å². The van der Waals surface area contributed by atoms with Crippen molar-refractivity contribution < 1.29 is 14.0 Å². The van der Waals surface area contributed by atoms with E-state index in [2.05, 4.69) is 20.7 Å². The van der Waals surface area contributed by atoms with Crippen LogP contribution < -0.4 is 10.6 Å². The monoisotopic (exact) mass is 303 g/mol. The second-order valence-electron chi connectivity index (χ2n) is 5.08. The van der Waals surface area contributed by atoms with Gasteiger partial charge in [0.05, 0.1) is 18.2 Å². The largest absolute Gasteiger partial charge is 0.324 e. The van der Waals surface area contributed by atoms with Crippen LogP contribution in [0.3, 0.4) is 0 Å². The van der Waals surface area contributed by atoms with E-state index in [4.69, 9.17) is 0 Å². The summed E-state index contributed by atoms with van der Waals surface area (Å²) in [6, 6.07) is 5.88. The molecule has 0 bridgehead atoms. The van der Waals surface area contributed by atoms with Crippen molar-refractivity contribution in [2.75, 3.05) is 10.6 Å². The summed E-state index contributed by atoms with van der Waals surface area (Å²) in [5, 5.41) is 9.22. The molecule has 1 aromatic heterocycles. The van der Waals surface area contributed by atoms with Crippen LogP contribution in [0.2, 0.25) is 0 Å². The van der Waals surface area contributed by atoms with Gasteiger partial charge < -0.3 is 5.32 Å². The Kier molecular flexibility index (Phi) is 3.58. The van der Waals surface area contributed by atoms with Crippen molar-refractivity contribution in [2.45, 2.75) is 19.9 Å². The molecule has 1 unspecified atom stereocenters. The molecule has 8 heteroatoms. The maximum absolute atomic E-state index is 13.5. The lowest BCUT2D eigenvalue weighted by Gasteiger charge is -2.21. The van der Waals surface area contributed by atoms with E-state index >= 15 is 0 Å². The fourth-order valence-electron chi connectivity index (χ4n) is 2.32. The van der Waals surface area contributed by atoms with Crippen LogP contribution in [0.1, 0.15) is 12.2 Å². The third kappa shape index (κ3) is 2.80. The lowest BCUT2D eigenvalue weighted by molar-refractivity contribution is -0.126. The van der Waals surface area contributed by atoms with E-state index in [9.17, 15) is 14.0 Å². The molecule has 0 saturated carbocycles. The molecule has 0 spiro atoms. The quantitative estimate of drug-likeness (QED) is 0.895. The second-order valence-corrected chi connectivity index (χ2v) is 5.08. The average molecular weight is 303 g/mol. The number of hydrogen-bond donors (Lipinski definition) is 2. The number of aryl methyl sites for hydroxylation is 1. The number of fused-ring (bicyclic) bond motifs is 1. The van der Waals surface area contributed by atoms with Gasteiger partial charge in [-0.05, 0) is 19.1 Å². The molecule has 2 N–H and O–H groups in total. The van der Waals surface area contributed by atoms with Crippen molar-refractivity contribution in [3.8, 4) is 0 Å². The van der Waals surface area contributed by atoms with Gasteiger partial charge in [-0.2, -0.15) is 10.1 Å². The summed E-state index contributed by atoms with van der Waals surface area (Å²) < 4.78 is 15.0. The minimum atomic E-state index is -0.569. The summed E-state index contributed by atoms with van der Waals surface area (Å²) in [5.41, 5.74) is 0.0982. The number of para-hydroxylation sites is 1. The van der Waals surface area contributed by atoms with Crippen molar-refractivity contribution in [2.24, 2.45) is 5.92 Å². The van der Waals surface area contributed by atoms with Gasteiger partial charge in [0.15, 0.2) is 0 Å². The van der Waals surface area contributed by atoms with E-state index in [1.54, 1.807) is 17.7 Å². The van der Waals surface area contributed by atoms with Gasteiger partial charge in [0.1, 0.15) is 11.6 Å². The second kappa shape index (κ2) is 5.55. The summed E-state index contributed by atoms with van der Waals surface area (Å²) in [6.45, 7) is 1.99. The fourth-order valence-corrected chi connectivity index (χ4v) is 2.32. The molecule has 1 aliphatic rings. The zero-order valence-electron chi connectivity index (χ0n) is 11.8. The molecule has 1 aliphatic heterocycles. The number of carbonyl (C=O) groups is 2. The zero-order valence-corrected chi connectivity index (χ0v) is 11.8. The van der Waals surface area contributed by atoms with Crippen LogP contribution in [-0.4, -0.2) is 26.6 Å². The Balaban J connectivity index is 1.67. The molecule has 1 atom stereocenters. The normalized spacial score (nSPS) is 16.8. The van der Waals surface area contributed by atoms with E-state index in [-0.39, 0.29) is 24.6 Å². The third-order valence-corrected chi connectivity index (χ3v) is 3.36. The van der Waals surface area contributed by atoms with Crippen molar-refractivity contribution in [1.82, 2.24) is 14.8 Å². The molecule has 22 heavy (non-hydrogen) atoms. The summed E-state index contributed by atoms with van der Waals surface area (Å²) in [4.78, 5) is 28.0. The van der Waals surface area contributed by atoms with Crippen LogP contribution in [0.25, 0.3) is 0 Å². The first-order valence-electron chi connectivity index (χ1n) is 6.79. The van der Waals surface area contributed by atoms with E-state index in [1.807, 2.05) is 0 Å². The number of carbonyl (C=O) groups excluding carboxylic acids is 2. The summed E-state index contributed by atoms with van der Waals surface area (Å²) >= 11 is 0. The van der Waals surface area contributed by atoms with E-state index < -0.39 is 17.6 Å². The van der Waals surface area contributed by atoms with Gasteiger partial charge in [-0.15, -0.1) is 0 Å². The SMILES string of the molecule is Cc1nc2n(n1)CC(CC(=O)Nc1ccccc1F)C(=O)N2. The Hall–Kier alpha value is -2.77. The molecule has 7 nitrogen and oxygen atoms in total. The Morgan fingerprint density at radius 3 is 3.05 bits per heavy atom. The van der Waals surface area contributed by atoms with Crippen LogP contribution in [0.15, 0.2) is 24.3 Å². The molecule has 0 saturated heterocycles. The van der Waals surface area contributed by atoms with Crippen LogP contribution in [-0.2, 0) is 16.1 Å². The standard InChI is InChI=1S/C14H14FN5O2/c1-8-16-14-18-13(22)9(7-20(14)19-8)6-12(21)17-11-5-3-2-4-10(11)15/h2-5,9H,6-7H2,1H3,(H,17,21)(H,16,18,19,22). The Labute approximate surface area is 125 Å². The molecule has 0 fully saturated rings. The minimum absolute atomic E-state index is 0.0570. The summed E-state index contributed by atoms with van der Waals surface area (Å²) in [5.74, 6) is -0.868. The van der Waals surface area contributed by atoms with Crippen LogP contribution in [0.5, 0.6) is 0 Å². The van der Waals surface area contributed by atoms with Crippen molar-refractivity contribution in [3.05, 3.63) is 35.9 Å². The number of amides is 2. The lowest BCUT2D eigenvalue weighted by atomic mass is 10.0. The Morgan fingerprint density at radius 1 is 1.50 bits per heavy atom. The number of hydrogen-bond acceptors (Lipinski definition) is 4. The number of halogens is 1. The lowest BCUT2D eigenvalue weighted by Crippen LogP contribution is -2.36. The molecule has 0 radical (unpaired) electrons. The van der Waals surface area contributed by atoms with Gasteiger partial charge in [0, 0.05) is 6.42 Å². The Bertz CT molecular complexity index is 743. The molecule has 1 aromatic carbocycles. The highest BCUT2D eigenvalue weighted by Crippen LogP contribution is 2.20. The first-order chi connectivity index (χ1) is 10.5. The molecule has 2 amide bonds. The van der Waals surface area contributed by atoms with Crippen molar-refractivity contribution >= 4 is 23.5 Å². The van der Waals surface area contributed by atoms with Crippen LogP contribution in [0, 0.1) is 18.7 Å². The molecule has 2 aromatic rings. The molecular formula is C14H14FN5O2. The third-order valence-electron chi connectivity index (χ3n) is 3.36. The highest BCUT2D eigenvalue weighted by Gasteiger charge is 2.30. The van der Waals surface area contributed by atoms with E-state index in [0.29, 0.717) is 11.8 Å². The van der Waals surface area contributed by atoms with Gasteiger partial charge in [0.2, 0.25) is 17.8 Å². The van der Waals surface area contributed by atoms with Gasteiger partial charge in [-0.3, -0.25) is 14.9 Å². The first kappa shape index (κ1) is 14.2. The maximum Gasteiger partial charge on any atom is 0.232 e. The molecule has 114 valence electrons. The van der Waals surface area contributed by atoms with Gasteiger partial charge >= 0.3 is 0 Å². The number of nitrogens with zero attached hydrogens (tertiary/aromatic N) is 3. The predicted molar refractivity (Wildman–Crippen MR) is 76.5 cm³/mol. The fraction of sp³-hybridized carbons (Fsp3) is 0.286. The highest BCUT2D eigenvalue weighted by molar-refractivity contribution is 5.98. The van der Waals surface area contributed by atoms with Gasteiger partial charge in [0.25, 0.3) is 0 Å². The number of aromatic nitrogens is 3. The average Bonchev–Trinajstić information content (AvgIpc) is 2.81. The topological polar surface area (TPSA) is 88.9 Å². The number of rotatable bonds is 3. The van der Waals surface area contributed by atoms with Crippen molar-refractivity contribution in [1.29, 1.82) is 0 Å². The number of nitrogens with one attached hydrogen (secondary N) is 2. The molecule has 0 aliphatic carbocycles. The van der Waals surface area contributed by atoms with Gasteiger partial charge in [-0.25, -0.2) is 9.07 Å². The molecular weight excluding hydrogens is 289 g/mol. The predicted octanol–water partition coefficient (Wildman–Crippen LogP) is 1.32. The van der Waals surface area contributed by atoms with E-state index in [1.165, 1.54) is 18.2 Å². The zero-order chi connectivity index (χ0) is 15.7. The first-order valence-corrected chi connectivity index (χ1v) is 6.79. The molecule has 2 heterocycles. The highest BCUT2D eigenvalue weighted by atomic mass is 19.1. The smallest absolute Gasteiger partial charge is 0.232 e. The Morgan fingerprint density at radius 2 is 2.27 bits per heavy atom. The van der Waals surface area contributed by atoms with Crippen LogP contribution >= 0.6 is 0 Å². The maximum atomic E-state index is 13.5. The minimum Gasteiger partial charge on any atom is -0.324 e. The number of anilines is 2. The van der Waals surface area contributed by atoms with Crippen molar-refractivity contribution in [3.63, 3.8) is 0 Å². The number of benzene rings is 1. The van der Waals surface area contributed by atoms with Gasteiger partial charge in [-0.1, -0.05) is 12.1 Å². The summed E-state index contributed by atoms with van der Waals surface area (Å²) in [6.07, 6.45) is -0.0570. The van der Waals surface area contributed by atoms with E-state index in [0.717, 1.165) is 0 Å². The molecule has 3 rings (SSSR count). The summed E-state index contributed by atoms with van der Waals surface area (Å²) in [7, 11) is 0.